The molecule has 2 N–H and O–H groups in total. The molecular weight excluding hydrogens is 312 g/mol. The molecule has 0 saturated carbocycles. The van der Waals surface area contributed by atoms with E-state index in [0.717, 1.165) is 15.8 Å². The highest BCUT2D eigenvalue weighted by molar-refractivity contribution is 9.10. The van der Waals surface area contributed by atoms with Gasteiger partial charge in [0.1, 0.15) is 11.8 Å². The topological polar surface area (TPSA) is 67.4 Å². The van der Waals surface area contributed by atoms with Crippen LogP contribution in [0.5, 0.6) is 5.75 Å². The molecule has 0 bridgehead atoms. The predicted octanol–water partition coefficient (Wildman–Crippen LogP) is 1.35. The number of ether oxygens (including phenoxy) is 1. The van der Waals surface area contributed by atoms with Gasteiger partial charge in [-0.25, -0.2) is 0 Å². The molecule has 1 aromatic carbocycles. The Morgan fingerprint density at radius 1 is 1.58 bits per heavy atom. The lowest BCUT2D eigenvalue weighted by Crippen LogP contribution is -2.41. The number of amides is 2. The number of hydrogen-bond acceptors (Lipinski definition) is 3. The smallest absolute Gasteiger partial charge is 0.242 e. The maximum absolute atomic E-state index is 11.9. The van der Waals surface area contributed by atoms with Gasteiger partial charge >= 0.3 is 0 Å². The second-order valence-electron chi connectivity index (χ2n) is 4.33. The van der Waals surface area contributed by atoms with Crippen molar-refractivity contribution in [1.29, 1.82) is 0 Å². The summed E-state index contributed by atoms with van der Waals surface area (Å²) in [6.45, 7) is 0.369. The molecule has 102 valence electrons. The average Bonchev–Trinajstić information content (AvgIpc) is 2.83. The van der Waals surface area contributed by atoms with E-state index in [1.165, 1.54) is 0 Å². The second kappa shape index (κ2) is 6.06. The lowest BCUT2D eigenvalue weighted by atomic mass is 10.2. The Balaban J connectivity index is 1.96. The van der Waals surface area contributed by atoms with Crippen molar-refractivity contribution in [3.8, 4) is 5.75 Å². The van der Waals surface area contributed by atoms with Gasteiger partial charge in [-0.2, -0.15) is 0 Å². The molecule has 0 spiro atoms. The van der Waals surface area contributed by atoms with Gasteiger partial charge in [-0.15, -0.1) is 0 Å². The van der Waals surface area contributed by atoms with Crippen molar-refractivity contribution >= 4 is 27.7 Å². The summed E-state index contributed by atoms with van der Waals surface area (Å²) in [5, 5.41) is 5.45. The molecular formula is C13H15BrN2O3. The van der Waals surface area contributed by atoms with E-state index in [-0.39, 0.29) is 11.8 Å². The molecule has 0 unspecified atom stereocenters. The molecule has 1 saturated heterocycles. The molecule has 1 aliphatic rings. The summed E-state index contributed by atoms with van der Waals surface area (Å²) >= 11 is 3.38. The minimum Gasteiger partial charge on any atom is -0.496 e. The molecule has 1 atom stereocenters. The summed E-state index contributed by atoms with van der Waals surface area (Å²) in [4.78, 5) is 22.9. The Bertz CT molecular complexity index is 505. The zero-order valence-electron chi connectivity index (χ0n) is 10.5. The predicted molar refractivity (Wildman–Crippen MR) is 73.7 cm³/mol. The van der Waals surface area contributed by atoms with Gasteiger partial charge in [-0.1, -0.05) is 15.9 Å². The van der Waals surface area contributed by atoms with Crippen LogP contribution >= 0.6 is 15.9 Å². The zero-order valence-corrected chi connectivity index (χ0v) is 12.1. The van der Waals surface area contributed by atoms with Crippen LogP contribution in [0, 0.1) is 0 Å². The fourth-order valence-corrected chi connectivity index (χ4v) is 2.41. The maximum atomic E-state index is 11.9. The standard InChI is InChI=1S/C13H15BrN2O3/c1-19-11-4-2-9(14)6-8(11)7-15-13(18)10-3-5-12(17)16-10/h2,4,6,10H,3,5,7H2,1H3,(H,15,18)(H,16,17)/t10-/m0/s1. The Morgan fingerprint density at radius 2 is 2.37 bits per heavy atom. The third kappa shape index (κ3) is 3.47. The monoisotopic (exact) mass is 326 g/mol. The molecule has 0 radical (unpaired) electrons. The van der Waals surface area contributed by atoms with E-state index in [1.54, 1.807) is 7.11 Å². The summed E-state index contributed by atoms with van der Waals surface area (Å²) < 4.78 is 6.16. The van der Waals surface area contributed by atoms with Crippen LogP contribution in [-0.4, -0.2) is 25.0 Å². The number of carbonyl (C=O) groups excluding carboxylic acids is 2. The number of halogens is 1. The Hall–Kier alpha value is -1.56. The van der Waals surface area contributed by atoms with Gasteiger partial charge in [0, 0.05) is 23.0 Å². The minimum atomic E-state index is -0.411. The number of benzene rings is 1. The van der Waals surface area contributed by atoms with Crippen molar-refractivity contribution in [2.24, 2.45) is 0 Å². The van der Waals surface area contributed by atoms with E-state index < -0.39 is 6.04 Å². The first-order valence-electron chi connectivity index (χ1n) is 5.99. The van der Waals surface area contributed by atoms with Crippen LogP contribution in [0.15, 0.2) is 22.7 Å². The van der Waals surface area contributed by atoms with Crippen LogP contribution in [0.2, 0.25) is 0 Å². The highest BCUT2D eigenvalue weighted by atomic mass is 79.9. The van der Waals surface area contributed by atoms with E-state index in [9.17, 15) is 9.59 Å². The van der Waals surface area contributed by atoms with Crippen molar-refractivity contribution in [2.75, 3.05) is 7.11 Å². The number of methoxy groups -OCH3 is 1. The summed E-state index contributed by atoms with van der Waals surface area (Å²) in [5.41, 5.74) is 0.884. The van der Waals surface area contributed by atoms with Gasteiger partial charge in [-0.3, -0.25) is 9.59 Å². The Labute approximate surface area is 119 Å². The summed E-state index contributed by atoms with van der Waals surface area (Å²) in [5.74, 6) is 0.493. The molecule has 1 heterocycles. The lowest BCUT2D eigenvalue weighted by Gasteiger charge is -2.13. The lowest BCUT2D eigenvalue weighted by molar-refractivity contribution is -0.125. The first-order chi connectivity index (χ1) is 9.10. The van der Waals surface area contributed by atoms with Crippen LogP contribution in [0.1, 0.15) is 18.4 Å². The van der Waals surface area contributed by atoms with Gasteiger partial charge in [-0.05, 0) is 24.6 Å². The van der Waals surface area contributed by atoms with Crippen molar-refractivity contribution in [2.45, 2.75) is 25.4 Å². The molecule has 1 aromatic rings. The van der Waals surface area contributed by atoms with Gasteiger partial charge in [0.15, 0.2) is 0 Å². The summed E-state index contributed by atoms with van der Waals surface area (Å²) in [6.07, 6.45) is 0.971. The minimum absolute atomic E-state index is 0.0693. The molecule has 2 rings (SSSR count). The Morgan fingerprint density at radius 3 is 3.00 bits per heavy atom. The normalized spacial score (nSPS) is 18.0. The molecule has 0 aromatic heterocycles. The first-order valence-corrected chi connectivity index (χ1v) is 6.79. The van der Waals surface area contributed by atoms with Crippen LogP contribution < -0.4 is 15.4 Å². The van der Waals surface area contributed by atoms with Gasteiger partial charge in [0.05, 0.1) is 7.11 Å². The van der Waals surface area contributed by atoms with Crippen molar-refractivity contribution < 1.29 is 14.3 Å². The highest BCUT2D eigenvalue weighted by Crippen LogP contribution is 2.22. The van der Waals surface area contributed by atoms with E-state index in [1.807, 2.05) is 18.2 Å². The van der Waals surface area contributed by atoms with E-state index in [0.29, 0.717) is 19.4 Å². The van der Waals surface area contributed by atoms with E-state index in [4.69, 9.17) is 4.74 Å². The third-order valence-corrected chi connectivity index (χ3v) is 3.50. The van der Waals surface area contributed by atoms with Crippen molar-refractivity contribution in [3.63, 3.8) is 0 Å². The van der Waals surface area contributed by atoms with Crippen LogP contribution in [0.4, 0.5) is 0 Å². The fourth-order valence-electron chi connectivity index (χ4n) is 2.00. The van der Waals surface area contributed by atoms with Crippen molar-refractivity contribution in [3.05, 3.63) is 28.2 Å². The van der Waals surface area contributed by atoms with Gasteiger partial charge in [0.2, 0.25) is 11.8 Å². The molecule has 2 amide bonds. The third-order valence-electron chi connectivity index (χ3n) is 3.01. The van der Waals surface area contributed by atoms with Crippen LogP contribution in [-0.2, 0) is 16.1 Å². The van der Waals surface area contributed by atoms with Crippen LogP contribution in [0.3, 0.4) is 0 Å². The number of rotatable bonds is 4. The quantitative estimate of drug-likeness (QED) is 0.877. The van der Waals surface area contributed by atoms with E-state index in [2.05, 4.69) is 26.6 Å². The second-order valence-corrected chi connectivity index (χ2v) is 5.25. The SMILES string of the molecule is COc1ccc(Br)cc1CNC(=O)[C@@H]1CCC(=O)N1. The van der Waals surface area contributed by atoms with Gasteiger partial charge in [0.25, 0.3) is 0 Å². The molecule has 0 aliphatic carbocycles. The number of hydrogen-bond donors (Lipinski definition) is 2. The zero-order chi connectivity index (χ0) is 13.8. The molecule has 1 aliphatic heterocycles. The molecule has 19 heavy (non-hydrogen) atoms. The molecule has 5 nitrogen and oxygen atoms in total. The average molecular weight is 327 g/mol. The van der Waals surface area contributed by atoms with Gasteiger partial charge < -0.3 is 15.4 Å². The fraction of sp³-hybridized carbons (Fsp3) is 0.385. The largest absolute Gasteiger partial charge is 0.496 e. The van der Waals surface area contributed by atoms with Crippen LogP contribution in [0.25, 0.3) is 0 Å². The molecule has 1 fully saturated rings. The number of carbonyl (C=O) groups is 2. The first kappa shape index (κ1) is 13.9. The summed E-state index contributed by atoms with van der Waals surface area (Å²) in [7, 11) is 1.59. The number of nitrogens with one attached hydrogen (secondary N) is 2. The van der Waals surface area contributed by atoms with E-state index >= 15 is 0 Å². The Kier molecular flexibility index (Phi) is 4.42. The maximum Gasteiger partial charge on any atom is 0.242 e. The highest BCUT2D eigenvalue weighted by Gasteiger charge is 2.26. The van der Waals surface area contributed by atoms with Crippen molar-refractivity contribution in [1.82, 2.24) is 10.6 Å². The summed E-state index contributed by atoms with van der Waals surface area (Å²) in [6, 6.07) is 5.20. The molecule has 6 heteroatoms.